The Morgan fingerprint density at radius 3 is 2.33 bits per heavy atom. The molecular weight excluding hydrogens is 378 g/mol. The summed E-state index contributed by atoms with van der Waals surface area (Å²) in [6.45, 7) is 2.79. The SMILES string of the molecule is OCc1ccc(C(O)CNCCCCCCOCCCCc2ccccc2)cc1O. The Bertz CT molecular complexity index is 693. The average molecular weight is 416 g/mol. The van der Waals surface area contributed by atoms with Crippen molar-refractivity contribution in [3.8, 4) is 5.75 Å². The molecule has 0 saturated carbocycles. The van der Waals surface area contributed by atoms with Crippen molar-refractivity contribution in [2.75, 3.05) is 26.3 Å². The molecule has 166 valence electrons. The van der Waals surface area contributed by atoms with Crippen LogP contribution in [0.25, 0.3) is 0 Å². The summed E-state index contributed by atoms with van der Waals surface area (Å²) in [5, 5.41) is 32.3. The zero-order valence-electron chi connectivity index (χ0n) is 17.9. The second-order valence-electron chi connectivity index (χ2n) is 7.74. The molecule has 0 aliphatic rings. The van der Waals surface area contributed by atoms with Gasteiger partial charge in [-0.05, 0) is 55.8 Å². The van der Waals surface area contributed by atoms with Gasteiger partial charge >= 0.3 is 0 Å². The Kier molecular flexibility index (Phi) is 12.1. The van der Waals surface area contributed by atoms with E-state index in [4.69, 9.17) is 9.84 Å². The molecule has 2 aromatic carbocycles. The van der Waals surface area contributed by atoms with E-state index < -0.39 is 6.10 Å². The van der Waals surface area contributed by atoms with Crippen molar-refractivity contribution in [3.05, 3.63) is 65.2 Å². The molecule has 0 saturated heterocycles. The Morgan fingerprint density at radius 1 is 0.867 bits per heavy atom. The minimum absolute atomic E-state index is 0.0208. The lowest BCUT2D eigenvalue weighted by atomic mass is 10.1. The molecule has 0 amide bonds. The van der Waals surface area contributed by atoms with Crippen molar-refractivity contribution in [2.45, 2.75) is 57.7 Å². The number of nitrogens with one attached hydrogen (secondary N) is 1. The highest BCUT2D eigenvalue weighted by atomic mass is 16.5. The van der Waals surface area contributed by atoms with Crippen LogP contribution in [-0.4, -0.2) is 41.6 Å². The molecule has 0 spiro atoms. The molecule has 1 unspecified atom stereocenters. The van der Waals surface area contributed by atoms with Gasteiger partial charge in [0.05, 0.1) is 12.7 Å². The lowest BCUT2D eigenvalue weighted by Gasteiger charge is -2.13. The molecule has 0 heterocycles. The maximum atomic E-state index is 10.2. The van der Waals surface area contributed by atoms with Gasteiger partial charge in [0.15, 0.2) is 0 Å². The summed E-state index contributed by atoms with van der Waals surface area (Å²) in [5.41, 5.74) is 2.52. The number of aromatic hydroxyl groups is 1. The molecule has 0 aliphatic carbocycles. The highest BCUT2D eigenvalue weighted by Crippen LogP contribution is 2.22. The van der Waals surface area contributed by atoms with Crippen molar-refractivity contribution >= 4 is 0 Å². The summed E-state index contributed by atoms with van der Waals surface area (Å²) < 4.78 is 5.72. The van der Waals surface area contributed by atoms with Gasteiger partial charge in [-0.25, -0.2) is 0 Å². The Morgan fingerprint density at radius 2 is 1.60 bits per heavy atom. The molecule has 2 aromatic rings. The zero-order valence-corrected chi connectivity index (χ0v) is 17.9. The van der Waals surface area contributed by atoms with E-state index >= 15 is 0 Å². The lowest BCUT2D eigenvalue weighted by Crippen LogP contribution is -2.22. The standard InChI is InChI=1S/C25H37NO4/c27-20-23-14-13-22(18-24(23)28)25(29)19-26-15-7-1-2-8-16-30-17-9-6-12-21-10-4-3-5-11-21/h3-5,10-11,13-14,18,25-29H,1-2,6-9,12,15-17,19-20H2. The Labute approximate surface area is 180 Å². The van der Waals surface area contributed by atoms with E-state index in [9.17, 15) is 10.2 Å². The van der Waals surface area contributed by atoms with Gasteiger partial charge in [0, 0.05) is 25.3 Å². The summed E-state index contributed by atoms with van der Waals surface area (Å²) in [7, 11) is 0. The predicted molar refractivity (Wildman–Crippen MR) is 121 cm³/mol. The van der Waals surface area contributed by atoms with Crippen LogP contribution in [0.2, 0.25) is 0 Å². The summed E-state index contributed by atoms with van der Waals surface area (Å²) in [6.07, 6.45) is 7.21. The first-order chi connectivity index (χ1) is 14.7. The maximum Gasteiger partial charge on any atom is 0.121 e. The van der Waals surface area contributed by atoms with Gasteiger partial charge in [-0.1, -0.05) is 55.3 Å². The lowest BCUT2D eigenvalue weighted by molar-refractivity contribution is 0.126. The van der Waals surface area contributed by atoms with Gasteiger partial charge in [-0.15, -0.1) is 0 Å². The molecule has 5 heteroatoms. The van der Waals surface area contributed by atoms with E-state index in [0.29, 0.717) is 17.7 Å². The average Bonchev–Trinajstić information content (AvgIpc) is 2.77. The number of unbranched alkanes of at least 4 members (excludes halogenated alkanes) is 4. The van der Waals surface area contributed by atoms with Crippen LogP contribution >= 0.6 is 0 Å². The number of hydrogen-bond donors (Lipinski definition) is 4. The van der Waals surface area contributed by atoms with Gasteiger partial charge in [-0.2, -0.15) is 0 Å². The number of aryl methyl sites for hydroxylation is 1. The van der Waals surface area contributed by atoms with Crippen LogP contribution in [0.3, 0.4) is 0 Å². The van der Waals surface area contributed by atoms with E-state index in [-0.39, 0.29) is 12.4 Å². The van der Waals surface area contributed by atoms with Crippen molar-refractivity contribution < 1.29 is 20.1 Å². The number of aliphatic hydroxyl groups is 2. The fraction of sp³-hybridized carbons (Fsp3) is 0.520. The van der Waals surface area contributed by atoms with Gasteiger partial charge < -0.3 is 25.4 Å². The number of phenols is 1. The molecule has 1 atom stereocenters. The smallest absolute Gasteiger partial charge is 0.121 e. The first kappa shape index (κ1) is 24.4. The fourth-order valence-electron chi connectivity index (χ4n) is 3.37. The van der Waals surface area contributed by atoms with Crippen LogP contribution in [0.4, 0.5) is 0 Å². The normalized spacial score (nSPS) is 12.2. The first-order valence-corrected chi connectivity index (χ1v) is 11.1. The molecular formula is C25H37NO4. The number of ether oxygens (including phenoxy) is 1. The highest BCUT2D eigenvalue weighted by molar-refractivity contribution is 5.36. The van der Waals surface area contributed by atoms with Gasteiger partial charge in [0.25, 0.3) is 0 Å². The van der Waals surface area contributed by atoms with E-state index in [1.807, 2.05) is 0 Å². The molecule has 30 heavy (non-hydrogen) atoms. The van der Waals surface area contributed by atoms with Crippen LogP contribution in [0.5, 0.6) is 5.75 Å². The van der Waals surface area contributed by atoms with E-state index in [2.05, 4.69) is 35.6 Å². The molecule has 0 fully saturated rings. The Hall–Kier alpha value is -1.92. The third kappa shape index (κ3) is 9.72. The number of benzene rings is 2. The maximum absolute atomic E-state index is 10.2. The van der Waals surface area contributed by atoms with E-state index in [0.717, 1.165) is 58.3 Å². The highest BCUT2D eigenvalue weighted by Gasteiger charge is 2.09. The number of hydrogen-bond acceptors (Lipinski definition) is 5. The predicted octanol–water partition coefficient (Wildman–Crippen LogP) is 4.11. The van der Waals surface area contributed by atoms with Crippen LogP contribution in [0.1, 0.15) is 61.3 Å². The fourth-order valence-corrected chi connectivity index (χ4v) is 3.37. The van der Waals surface area contributed by atoms with Crippen molar-refractivity contribution in [2.24, 2.45) is 0 Å². The molecule has 0 radical (unpaired) electrons. The molecule has 0 bridgehead atoms. The molecule has 5 nitrogen and oxygen atoms in total. The first-order valence-electron chi connectivity index (χ1n) is 11.1. The van der Waals surface area contributed by atoms with E-state index in [1.165, 1.54) is 18.1 Å². The molecule has 4 N–H and O–H groups in total. The monoisotopic (exact) mass is 415 g/mol. The van der Waals surface area contributed by atoms with Crippen molar-refractivity contribution in [3.63, 3.8) is 0 Å². The summed E-state index contributed by atoms with van der Waals surface area (Å²) >= 11 is 0. The third-order valence-electron chi connectivity index (χ3n) is 5.24. The van der Waals surface area contributed by atoms with E-state index in [1.54, 1.807) is 12.1 Å². The van der Waals surface area contributed by atoms with Crippen molar-refractivity contribution in [1.82, 2.24) is 5.32 Å². The summed E-state index contributed by atoms with van der Waals surface area (Å²) in [6, 6.07) is 15.5. The molecule has 0 aromatic heterocycles. The van der Waals surface area contributed by atoms with Crippen LogP contribution in [0.15, 0.2) is 48.5 Å². The topological polar surface area (TPSA) is 82.0 Å². The van der Waals surface area contributed by atoms with Crippen LogP contribution in [0, 0.1) is 0 Å². The minimum atomic E-state index is -0.668. The minimum Gasteiger partial charge on any atom is -0.508 e. The van der Waals surface area contributed by atoms with Crippen LogP contribution < -0.4 is 5.32 Å². The van der Waals surface area contributed by atoms with Gasteiger partial charge in [0.1, 0.15) is 5.75 Å². The van der Waals surface area contributed by atoms with Gasteiger partial charge in [-0.3, -0.25) is 0 Å². The summed E-state index contributed by atoms with van der Waals surface area (Å²) in [4.78, 5) is 0. The zero-order chi connectivity index (χ0) is 21.4. The van der Waals surface area contributed by atoms with Crippen molar-refractivity contribution in [1.29, 1.82) is 0 Å². The van der Waals surface area contributed by atoms with Gasteiger partial charge in [0.2, 0.25) is 0 Å². The third-order valence-corrected chi connectivity index (χ3v) is 5.24. The van der Waals surface area contributed by atoms with Crippen LogP contribution in [-0.2, 0) is 17.8 Å². The Balaban J connectivity index is 1.38. The number of rotatable bonds is 16. The number of aliphatic hydroxyl groups excluding tert-OH is 2. The summed E-state index contributed by atoms with van der Waals surface area (Å²) in [5.74, 6) is 0.0208. The second-order valence-corrected chi connectivity index (χ2v) is 7.74. The quantitative estimate of drug-likeness (QED) is 0.310. The second kappa shape index (κ2) is 15.0. The largest absolute Gasteiger partial charge is 0.508 e. The molecule has 2 rings (SSSR count). The molecule has 0 aliphatic heterocycles.